The number of nitrogens with zero attached hydrogens (tertiary/aromatic N) is 2. The predicted molar refractivity (Wildman–Crippen MR) is 74.7 cm³/mol. The van der Waals surface area contributed by atoms with Crippen LogP contribution in [-0.4, -0.2) is 22.0 Å². The van der Waals surface area contributed by atoms with Gasteiger partial charge in [0.15, 0.2) is 5.69 Å². The molecular weight excluding hydrogens is 301 g/mol. The Morgan fingerprint density at radius 2 is 1.76 bits per heavy atom. The van der Waals surface area contributed by atoms with Crippen molar-refractivity contribution < 1.29 is 18.3 Å². The smallest absolute Gasteiger partial charge is 0.392 e. The maximum atomic E-state index is 12.5. The van der Waals surface area contributed by atoms with E-state index in [0.717, 1.165) is 27.8 Å². The number of alkyl halides is 3. The highest BCUT2D eigenvalue weighted by molar-refractivity contribution is 7.09. The third-order valence-electron chi connectivity index (χ3n) is 2.91. The second-order valence-electron chi connectivity index (χ2n) is 4.77. The zero-order valence-electron chi connectivity index (χ0n) is 11.4. The van der Waals surface area contributed by atoms with Crippen LogP contribution in [0.5, 0.6) is 0 Å². The molecule has 0 aliphatic heterocycles. The number of aliphatic hydroxyl groups is 1. The minimum absolute atomic E-state index is 0.00451. The molecule has 0 fully saturated rings. The Kier molecular flexibility index (Phi) is 4.97. The summed E-state index contributed by atoms with van der Waals surface area (Å²) in [4.78, 5) is 5.51. The summed E-state index contributed by atoms with van der Waals surface area (Å²) < 4.78 is 37.4. The summed E-state index contributed by atoms with van der Waals surface area (Å²) in [6.07, 6.45) is -4.38. The number of thiazole rings is 1. The zero-order valence-corrected chi connectivity index (χ0v) is 12.2. The first-order valence-corrected chi connectivity index (χ1v) is 7.15. The molecule has 0 bridgehead atoms. The molecule has 0 unspecified atom stereocenters. The lowest BCUT2D eigenvalue weighted by Crippen LogP contribution is -2.17. The van der Waals surface area contributed by atoms with Gasteiger partial charge in [0.2, 0.25) is 0 Å². The van der Waals surface area contributed by atoms with Crippen LogP contribution in [0.25, 0.3) is 0 Å². The van der Waals surface area contributed by atoms with E-state index < -0.39 is 11.9 Å². The highest BCUT2D eigenvalue weighted by atomic mass is 32.1. The van der Waals surface area contributed by atoms with E-state index in [1.807, 2.05) is 36.2 Å². The summed E-state index contributed by atoms with van der Waals surface area (Å²) in [6.45, 7) is 0.963. The lowest BCUT2D eigenvalue weighted by atomic mass is 10.1. The van der Waals surface area contributed by atoms with Crippen molar-refractivity contribution in [2.45, 2.75) is 25.9 Å². The van der Waals surface area contributed by atoms with Crippen LogP contribution in [0.1, 0.15) is 21.8 Å². The van der Waals surface area contributed by atoms with E-state index in [1.54, 1.807) is 0 Å². The summed E-state index contributed by atoms with van der Waals surface area (Å²) in [5.41, 5.74) is 1.03. The fraction of sp³-hybridized carbons (Fsp3) is 0.357. The molecule has 1 aromatic heterocycles. The van der Waals surface area contributed by atoms with E-state index in [0.29, 0.717) is 18.1 Å². The Hall–Kier alpha value is -1.44. The van der Waals surface area contributed by atoms with Gasteiger partial charge in [0, 0.05) is 11.9 Å². The van der Waals surface area contributed by atoms with Gasteiger partial charge in [-0.05, 0) is 18.2 Å². The molecule has 0 spiro atoms. The number of halogens is 3. The molecule has 1 N–H and O–H groups in total. The molecule has 2 rings (SSSR count). The van der Waals surface area contributed by atoms with E-state index in [9.17, 15) is 13.2 Å². The predicted octanol–water partition coefficient (Wildman–Crippen LogP) is 3.29. The monoisotopic (exact) mass is 316 g/mol. The van der Waals surface area contributed by atoms with Crippen molar-refractivity contribution in [3.63, 3.8) is 0 Å². The zero-order chi connectivity index (χ0) is 15.5. The van der Waals surface area contributed by atoms with Crippen LogP contribution in [0.4, 0.5) is 13.2 Å². The van der Waals surface area contributed by atoms with Gasteiger partial charge in [-0.15, -0.1) is 11.3 Å². The van der Waals surface area contributed by atoms with Gasteiger partial charge in [0.1, 0.15) is 5.01 Å². The Balaban J connectivity index is 1.94. The van der Waals surface area contributed by atoms with Crippen molar-refractivity contribution in [3.05, 3.63) is 51.5 Å². The summed E-state index contributed by atoms with van der Waals surface area (Å²) in [5.74, 6) is 0. The fourth-order valence-corrected chi connectivity index (χ4v) is 2.74. The quantitative estimate of drug-likeness (QED) is 0.919. The maximum absolute atomic E-state index is 12.5. The number of aromatic nitrogens is 1. The molecule has 1 aromatic carbocycles. The number of hydrogen-bond donors (Lipinski definition) is 1. The second kappa shape index (κ2) is 6.55. The van der Waals surface area contributed by atoms with Crippen molar-refractivity contribution >= 4 is 11.3 Å². The molecule has 0 aliphatic rings. The van der Waals surface area contributed by atoms with Crippen LogP contribution in [0, 0.1) is 0 Å². The number of benzene rings is 1. The summed E-state index contributed by atoms with van der Waals surface area (Å²) >= 11 is 1.02. The average Bonchev–Trinajstić information content (AvgIpc) is 2.88. The van der Waals surface area contributed by atoms with Gasteiger partial charge in [0.25, 0.3) is 0 Å². The Morgan fingerprint density at radius 1 is 1.14 bits per heavy atom. The number of hydrogen-bond acceptors (Lipinski definition) is 4. The number of rotatable bonds is 5. The molecule has 0 saturated heterocycles. The largest absolute Gasteiger partial charge is 0.434 e. The minimum Gasteiger partial charge on any atom is -0.392 e. The first kappa shape index (κ1) is 15.9. The first-order valence-electron chi connectivity index (χ1n) is 6.27. The molecule has 21 heavy (non-hydrogen) atoms. The molecule has 0 aliphatic carbocycles. The van der Waals surface area contributed by atoms with E-state index in [2.05, 4.69) is 4.98 Å². The van der Waals surface area contributed by atoms with Gasteiger partial charge in [-0.1, -0.05) is 24.3 Å². The fourth-order valence-electron chi connectivity index (χ4n) is 1.86. The normalized spacial score (nSPS) is 12.1. The van der Waals surface area contributed by atoms with Gasteiger partial charge in [-0.3, -0.25) is 4.90 Å². The van der Waals surface area contributed by atoms with Gasteiger partial charge < -0.3 is 5.11 Å². The molecular formula is C14H15F3N2OS. The van der Waals surface area contributed by atoms with Gasteiger partial charge in [-0.2, -0.15) is 13.2 Å². The van der Waals surface area contributed by atoms with Crippen molar-refractivity contribution in [1.82, 2.24) is 9.88 Å². The summed E-state index contributed by atoms with van der Waals surface area (Å²) in [7, 11) is 1.83. The van der Waals surface area contributed by atoms with Gasteiger partial charge in [0.05, 0.1) is 13.2 Å². The van der Waals surface area contributed by atoms with E-state index >= 15 is 0 Å². The minimum atomic E-state index is -4.38. The maximum Gasteiger partial charge on any atom is 0.434 e. The van der Waals surface area contributed by atoms with Crippen LogP contribution in [-0.2, 0) is 25.9 Å². The third-order valence-corrected chi connectivity index (χ3v) is 3.74. The standard InChI is InChI=1S/C14H15F3N2OS/c1-19(6-10-2-4-11(8-20)5-3-10)7-13-18-12(9-21-13)14(15,16)17/h2-5,9,20H,6-8H2,1H3. The summed E-state index contributed by atoms with van der Waals surface area (Å²) in [6, 6.07) is 7.44. The first-order chi connectivity index (χ1) is 9.88. The lowest BCUT2D eigenvalue weighted by Gasteiger charge is -2.15. The van der Waals surface area contributed by atoms with Crippen molar-refractivity contribution in [2.75, 3.05) is 7.05 Å². The second-order valence-corrected chi connectivity index (χ2v) is 5.71. The topological polar surface area (TPSA) is 36.4 Å². The van der Waals surface area contributed by atoms with Crippen LogP contribution < -0.4 is 0 Å². The molecule has 1 heterocycles. The highest BCUT2D eigenvalue weighted by Gasteiger charge is 2.33. The summed E-state index contributed by atoms with van der Waals surface area (Å²) in [5, 5.41) is 10.4. The molecule has 3 nitrogen and oxygen atoms in total. The molecule has 0 saturated carbocycles. The van der Waals surface area contributed by atoms with Gasteiger partial charge in [-0.25, -0.2) is 4.98 Å². The Labute approximate surface area is 124 Å². The molecule has 2 aromatic rings. The SMILES string of the molecule is CN(Cc1ccc(CO)cc1)Cc1nc(C(F)(F)F)cs1. The van der Waals surface area contributed by atoms with E-state index in [-0.39, 0.29) is 6.61 Å². The van der Waals surface area contributed by atoms with E-state index in [1.165, 1.54) is 0 Å². The molecule has 7 heteroatoms. The average molecular weight is 316 g/mol. The van der Waals surface area contributed by atoms with Crippen LogP contribution in [0.2, 0.25) is 0 Å². The van der Waals surface area contributed by atoms with Crippen LogP contribution in [0.15, 0.2) is 29.6 Å². The lowest BCUT2D eigenvalue weighted by molar-refractivity contribution is -0.140. The van der Waals surface area contributed by atoms with Gasteiger partial charge >= 0.3 is 6.18 Å². The van der Waals surface area contributed by atoms with Crippen molar-refractivity contribution in [2.24, 2.45) is 0 Å². The molecule has 114 valence electrons. The molecule has 0 atom stereocenters. The highest BCUT2D eigenvalue weighted by Crippen LogP contribution is 2.30. The number of aliphatic hydroxyl groups excluding tert-OH is 1. The van der Waals surface area contributed by atoms with Crippen molar-refractivity contribution in [1.29, 1.82) is 0 Å². The molecule has 0 amide bonds. The van der Waals surface area contributed by atoms with Crippen molar-refractivity contribution in [3.8, 4) is 0 Å². The van der Waals surface area contributed by atoms with Crippen LogP contribution >= 0.6 is 11.3 Å². The Morgan fingerprint density at radius 3 is 2.29 bits per heavy atom. The van der Waals surface area contributed by atoms with Crippen LogP contribution in [0.3, 0.4) is 0 Å². The molecule has 0 radical (unpaired) electrons. The third kappa shape index (κ3) is 4.52. The van der Waals surface area contributed by atoms with E-state index in [4.69, 9.17) is 5.11 Å². The Bertz CT molecular complexity index is 581.